The lowest BCUT2D eigenvalue weighted by atomic mass is 9.84. The molecule has 0 saturated heterocycles. The molecule has 4 N–H and O–H groups in total. The number of carbonyl (C=O) groups is 4. The molecule has 1 aromatic rings. The number of amides is 4. The van der Waals surface area contributed by atoms with E-state index in [1.807, 2.05) is 12.1 Å². The number of allylic oxidation sites excluding steroid dienone is 4. The van der Waals surface area contributed by atoms with Crippen LogP contribution in [0.25, 0.3) is 6.08 Å². The van der Waals surface area contributed by atoms with Crippen LogP contribution in [-0.2, 0) is 25.6 Å². The van der Waals surface area contributed by atoms with E-state index in [1.54, 1.807) is 5.57 Å². The van der Waals surface area contributed by atoms with Gasteiger partial charge in [0.05, 0.1) is 5.75 Å². The third-order valence-electron chi connectivity index (χ3n) is 8.82. The van der Waals surface area contributed by atoms with Crippen LogP contribution in [0.15, 0.2) is 47.2 Å². The van der Waals surface area contributed by atoms with Crippen LogP contribution in [-0.4, -0.2) is 48.2 Å². The van der Waals surface area contributed by atoms with E-state index in [2.05, 4.69) is 45.6 Å². The number of rotatable bonds is 19. The maximum atomic E-state index is 12.4. The average molecular weight is 649 g/mol. The van der Waals surface area contributed by atoms with Crippen molar-refractivity contribution in [2.45, 2.75) is 109 Å². The molecule has 0 unspecified atom stereocenters. The number of unbranched alkanes of at least 4 members (excludes halogenated alkanes) is 4. The molecule has 250 valence electrons. The van der Waals surface area contributed by atoms with Crippen molar-refractivity contribution in [3.05, 3.63) is 58.3 Å². The van der Waals surface area contributed by atoms with Crippen molar-refractivity contribution < 1.29 is 19.2 Å². The summed E-state index contributed by atoms with van der Waals surface area (Å²) in [5.41, 5.74) is 7.27. The zero-order valence-corrected chi connectivity index (χ0v) is 28.2. The van der Waals surface area contributed by atoms with E-state index in [9.17, 15) is 19.2 Å². The lowest BCUT2D eigenvalue weighted by molar-refractivity contribution is -0.121. The molecule has 0 radical (unpaired) electrons. The normalized spacial score (nSPS) is 15.3. The number of fused-ring (bicyclic) bond motifs is 1. The molecule has 4 rings (SSSR count). The van der Waals surface area contributed by atoms with E-state index < -0.39 is 0 Å². The molecule has 0 fully saturated rings. The van der Waals surface area contributed by atoms with Gasteiger partial charge in [0.25, 0.3) is 0 Å². The third-order valence-corrected chi connectivity index (χ3v) is 9.78. The Morgan fingerprint density at radius 1 is 0.696 bits per heavy atom. The summed E-state index contributed by atoms with van der Waals surface area (Å²) in [7, 11) is 0. The highest BCUT2D eigenvalue weighted by Gasteiger charge is 2.20. The monoisotopic (exact) mass is 648 g/mol. The van der Waals surface area contributed by atoms with Crippen molar-refractivity contribution in [2.75, 3.05) is 29.9 Å². The minimum Gasteiger partial charge on any atom is -0.356 e. The van der Waals surface area contributed by atoms with E-state index in [0.29, 0.717) is 43.9 Å². The van der Waals surface area contributed by atoms with Crippen LogP contribution in [0.5, 0.6) is 0 Å². The van der Waals surface area contributed by atoms with Crippen molar-refractivity contribution in [1.82, 2.24) is 16.0 Å². The third kappa shape index (κ3) is 12.5. The molecule has 3 aliphatic carbocycles. The summed E-state index contributed by atoms with van der Waals surface area (Å²) in [5.74, 6) is 1.03. The number of carbonyl (C=O) groups excluding carboxylic acids is 4. The molecule has 0 aromatic heterocycles. The van der Waals surface area contributed by atoms with E-state index in [4.69, 9.17) is 0 Å². The number of aryl methyl sites for hydroxylation is 1. The largest absolute Gasteiger partial charge is 0.356 e. The van der Waals surface area contributed by atoms with E-state index in [0.717, 1.165) is 87.6 Å². The predicted octanol–water partition coefficient (Wildman–Crippen LogP) is 6.73. The van der Waals surface area contributed by atoms with Crippen molar-refractivity contribution in [2.24, 2.45) is 0 Å². The topological polar surface area (TPSA) is 116 Å². The molecule has 0 bridgehead atoms. The highest BCUT2D eigenvalue weighted by Crippen LogP contribution is 2.35. The highest BCUT2D eigenvalue weighted by molar-refractivity contribution is 7.99. The van der Waals surface area contributed by atoms with Crippen molar-refractivity contribution in [3.8, 4) is 0 Å². The number of hydrogen-bond donors (Lipinski definition) is 4. The molecule has 0 saturated carbocycles. The Hall–Kier alpha value is -3.33. The minimum atomic E-state index is -0.0234. The van der Waals surface area contributed by atoms with Gasteiger partial charge in [-0.15, -0.1) is 0 Å². The first-order valence-corrected chi connectivity index (χ1v) is 18.6. The van der Waals surface area contributed by atoms with Gasteiger partial charge in [-0.3, -0.25) is 19.2 Å². The predicted molar refractivity (Wildman–Crippen MR) is 188 cm³/mol. The maximum Gasteiger partial charge on any atom is 0.229 e. The zero-order valence-electron chi connectivity index (χ0n) is 27.4. The maximum absolute atomic E-state index is 12.4. The van der Waals surface area contributed by atoms with Crippen LogP contribution in [0.1, 0.15) is 114 Å². The molecule has 0 heterocycles. The van der Waals surface area contributed by atoms with Crippen molar-refractivity contribution in [3.63, 3.8) is 0 Å². The van der Waals surface area contributed by atoms with Gasteiger partial charge < -0.3 is 21.3 Å². The van der Waals surface area contributed by atoms with E-state index in [-0.39, 0.29) is 23.6 Å². The van der Waals surface area contributed by atoms with Crippen molar-refractivity contribution >= 4 is 47.2 Å². The SMILES string of the molecule is O=C(CCSCC(=O)NCCCCCC(=O)Nc1cccc2c1C=CCC2)NCCCCCC(=O)NC1=CCCC2=C1CCCC2. The Kier molecular flexibility index (Phi) is 15.5. The molecule has 9 heteroatoms. The standard InChI is InChI=1S/C37H52N4O4S/c42-34(38-24-9-1-3-21-35(43)40-32-19-11-15-28-13-5-7-17-30(28)32)23-26-46-27-37(45)39-25-10-2-4-22-36(44)41-33-20-12-16-29-14-6-8-18-31(29)33/h8,12,16,18-20H,1-7,9-11,13-15,17,21-27H2,(H,38,42)(H,39,45)(H,40,43)(H,41,44). The number of anilines is 1. The van der Waals surface area contributed by atoms with Gasteiger partial charge in [-0.25, -0.2) is 0 Å². The smallest absolute Gasteiger partial charge is 0.229 e. The summed E-state index contributed by atoms with van der Waals surface area (Å²) in [6, 6.07) is 6.07. The number of hydrogen-bond acceptors (Lipinski definition) is 5. The lowest BCUT2D eigenvalue weighted by Gasteiger charge is -2.26. The van der Waals surface area contributed by atoms with Gasteiger partial charge in [-0.2, -0.15) is 11.8 Å². The van der Waals surface area contributed by atoms with Crippen LogP contribution >= 0.6 is 11.8 Å². The first kappa shape index (κ1) is 35.5. The summed E-state index contributed by atoms with van der Waals surface area (Å²) in [6.07, 6.45) is 21.8. The van der Waals surface area contributed by atoms with Crippen LogP contribution in [0.4, 0.5) is 5.69 Å². The van der Waals surface area contributed by atoms with Crippen LogP contribution in [0.3, 0.4) is 0 Å². The second-order valence-corrected chi connectivity index (χ2v) is 13.6. The lowest BCUT2D eigenvalue weighted by Crippen LogP contribution is -2.27. The van der Waals surface area contributed by atoms with Gasteiger partial charge in [-0.1, -0.05) is 48.8 Å². The first-order valence-electron chi connectivity index (χ1n) is 17.4. The fraction of sp³-hybridized carbons (Fsp3) is 0.568. The number of nitrogens with one attached hydrogen (secondary N) is 4. The summed E-state index contributed by atoms with van der Waals surface area (Å²) in [5, 5.41) is 12.1. The van der Waals surface area contributed by atoms with Gasteiger partial charge in [0.15, 0.2) is 0 Å². The van der Waals surface area contributed by atoms with E-state index in [1.165, 1.54) is 42.2 Å². The average Bonchev–Trinajstić information content (AvgIpc) is 3.06. The number of thioether (sulfide) groups is 1. The van der Waals surface area contributed by atoms with Gasteiger partial charge in [0.1, 0.15) is 0 Å². The molecule has 46 heavy (non-hydrogen) atoms. The molecule has 3 aliphatic rings. The molecular weight excluding hydrogens is 596 g/mol. The van der Waals surface area contributed by atoms with E-state index >= 15 is 0 Å². The van der Waals surface area contributed by atoms with Gasteiger partial charge >= 0.3 is 0 Å². The number of benzene rings is 1. The van der Waals surface area contributed by atoms with Crippen LogP contribution in [0.2, 0.25) is 0 Å². The molecule has 4 amide bonds. The Labute approximate surface area is 279 Å². The van der Waals surface area contributed by atoms with Gasteiger partial charge in [-0.05, 0) is 94.3 Å². The summed E-state index contributed by atoms with van der Waals surface area (Å²) in [4.78, 5) is 49.1. The summed E-state index contributed by atoms with van der Waals surface area (Å²) in [6.45, 7) is 1.21. The molecule has 0 spiro atoms. The zero-order chi connectivity index (χ0) is 32.4. The Morgan fingerprint density at radius 2 is 1.43 bits per heavy atom. The fourth-order valence-corrected chi connectivity index (χ4v) is 7.07. The Balaban J connectivity index is 0.923. The molecule has 1 aromatic carbocycles. The summed E-state index contributed by atoms with van der Waals surface area (Å²) < 4.78 is 0. The highest BCUT2D eigenvalue weighted by atomic mass is 32.2. The Bertz CT molecular complexity index is 1300. The fourth-order valence-electron chi connectivity index (χ4n) is 6.31. The van der Waals surface area contributed by atoms with Gasteiger partial charge in [0, 0.05) is 55.1 Å². The minimum absolute atomic E-state index is 0.000835. The summed E-state index contributed by atoms with van der Waals surface area (Å²) >= 11 is 1.46. The Morgan fingerprint density at radius 3 is 2.24 bits per heavy atom. The second-order valence-electron chi connectivity index (χ2n) is 12.5. The molecule has 8 nitrogen and oxygen atoms in total. The quantitative estimate of drug-likeness (QED) is 0.124. The second kappa shape index (κ2) is 20.0. The van der Waals surface area contributed by atoms with Gasteiger partial charge in [0.2, 0.25) is 23.6 Å². The van der Waals surface area contributed by atoms with Crippen LogP contribution in [0, 0.1) is 0 Å². The molecule has 0 atom stereocenters. The first-order chi connectivity index (χ1) is 22.5. The van der Waals surface area contributed by atoms with Crippen LogP contribution < -0.4 is 21.3 Å². The molecule has 0 aliphatic heterocycles. The van der Waals surface area contributed by atoms with Crippen molar-refractivity contribution in [1.29, 1.82) is 0 Å². The molecular formula is C37H52N4O4S.